The van der Waals surface area contributed by atoms with Gasteiger partial charge in [0.2, 0.25) is 0 Å². The van der Waals surface area contributed by atoms with Crippen molar-refractivity contribution in [1.29, 1.82) is 0 Å². The second-order valence-electron chi connectivity index (χ2n) is 5.50. The van der Waals surface area contributed by atoms with E-state index in [2.05, 4.69) is 30.9 Å². The fourth-order valence-electron chi connectivity index (χ4n) is 2.65. The van der Waals surface area contributed by atoms with Gasteiger partial charge in [0.05, 0.1) is 7.11 Å². The predicted molar refractivity (Wildman–Crippen MR) is 90.2 cm³/mol. The van der Waals surface area contributed by atoms with Crippen molar-refractivity contribution in [2.45, 2.75) is 6.04 Å². The molecule has 25 heavy (non-hydrogen) atoms. The Balaban J connectivity index is 1.75. The molecule has 4 aromatic rings. The van der Waals surface area contributed by atoms with Gasteiger partial charge in [0.1, 0.15) is 23.4 Å². The van der Waals surface area contributed by atoms with Gasteiger partial charge in [-0.25, -0.2) is 4.98 Å². The number of benzene rings is 1. The highest BCUT2D eigenvalue weighted by Crippen LogP contribution is 2.27. The summed E-state index contributed by atoms with van der Waals surface area (Å²) in [5.74, 6) is 2.27. The van der Waals surface area contributed by atoms with E-state index in [1.165, 1.54) is 4.63 Å². The third-order valence-electron chi connectivity index (χ3n) is 3.91. The molecule has 0 bridgehead atoms. The summed E-state index contributed by atoms with van der Waals surface area (Å²) in [6, 6.07) is 11.3. The van der Waals surface area contributed by atoms with E-state index in [9.17, 15) is 0 Å². The maximum absolute atomic E-state index is 5.35. The molecular formula is C16H16N8O. The van der Waals surface area contributed by atoms with E-state index >= 15 is 0 Å². The molecule has 3 heterocycles. The van der Waals surface area contributed by atoms with E-state index in [0.29, 0.717) is 11.5 Å². The Bertz CT molecular complexity index is 1010. The number of hydrogen-bond donors (Lipinski definition) is 1. The Morgan fingerprint density at radius 1 is 1.20 bits per heavy atom. The van der Waals surface area contributed by atoms with Gasteiger partial charge in [0.25, 0.3) is 0 Å². The number of fused-ring (bicyclic) bond motifs is 1. The van der Waals surface area contributed by atoms with E-state index in [-0.39, 0.29) is 6.04 Å². The molecule has 3 aromatic heterocycles. The Labute approximate surface area is 143 Å². The Morgan fingerprint density at radius 3 is 2.92 bits per heavy atom. The molecular weight excluding hydrogens is 320 g/mol. The number of nitrogens with one attached hydrogen (secondary N) is 1. The fraction of sp³-hybridized carbons (Fsp3) is 0.188. The Kier molecular flexibility index (Phi) is 3.73. The van der Waals surface area contributed by atoms with Crippen molar-refractivity contribution in [3.63, 3.8) is 0 Å². The minimum Gasteiger partial charge on any atom is -0.497 e. The Morgan fingerprint density at radius 2 is 2.12 bits per heavy atom. The van der Waals surface area contributed by atoms with E-state index in [0.717, 1.165) is 17.1 Å². The molecule has 1 atom stereocenters. The van der Waals surface area contributed by atoms with Crippen LogP contribution in [0, 0.1) is 0 Å². The molecule has 0 fully saturated rings. The number of ether oxygens (including phenoxy) is 1. The molecule has 0 aliphatic rings. The number of aromatic nitrogens is 7. The second-order valence-corrected chi connectivity index (χ2v) is 5.50. The van der Waals surface area contributed by atoms with Crippen molar-refractivity contribution >= 4 is 11.5 Å². The summed E-state index contributed by atoms with van der Waals surface area (Å²) in [7, 11) is 3.60. The highest BCUT2D eigenvalue weighted by atomic mass is 16.5. The maximum atomic E-state index is 5.35. The first-order valence-electron chi connectivity index (χ1n) is 7.68. The zero-order chi connectivity index (χ0) is 17.2. The average Bonchev–Trinajstić information content (AvgIpc) is 3.28. The normalized spacial score (nSPS) is 12.2. The van der Waals surface area contributed by atoms with Crippen LogP contribution in [-0.2, 0) is 7.05 Å². The molecule has 1 aromatic carbocycles. The van der Waals surface area contributed by atoms with Crippen LogP contribution in [-0.4, -0.2) is 41.9 Å². The molecule has 0 radical (unpaired) electrons. The number of methoxy groups -OCH3 is 1. The van der Waals surface area contributed by atoms with Gasteiger partial charge in [0, 0.05) is 19.4 Å². The SMILES string of the molecule is COc1cccc([C@@H](Nc2ccc3nnnn3n2)c2nccn2C)c1. The van der Waals surface area contributed by atoms with E-state index in [1.807, 2.05) is 48.1 Å². The summed E-state index contributed by atoms with van der Waals surface area (Å²) in [5, 5.41) is 19.1. The zero-order valence-electron chi connectivity index (χ0n) is 13.7. The van der Waals surface area contributed by atoms with Crippen LogP contribution in [0.25, 0.3) is 5.65 Å². The maximum Gasteiger partial charge on any atom is 0.200 e. The van der Waals surface area contributed by atoms with Gasteiger partial charge < -0.3 is 14.6 Å². The molecule has 0 aliphatic heterocycles. The van der Waals surface area contributed by atoms with Crippen molar-refractivity contribution in [1.82, 2.24) is 34.8 Å². The van der Waals surface area contributed by atoms with Crippen LogP contribution in [0.2, 0.25) is 0 Å². The van der Waals surface area contributed by atoms with Crippen molar-refractivity contribution < 1.29 is 4.74 Å². The van der Waals surface area contributed by atoms with Crippen LogP contribution in [0.4, 0.5) is 5.82 Å². The molecule has 0 unspecified atom stereocenters. The summed E-state index contributed by atoms with van der Waals surface area (Å²) in [5.41, 5.74) is 1.59. The lowest BCUT2D eigenvalue weighted by Crippen LogP contribution is -2.18. The van der Waals surface area contributed by atoms with Crippen molar-refractivity contribution in [2.24, 2.45) is 7.05 Å². The largest absolute Gasteiger partial charge is 0.497 e. The van der Waals surface area contributed by atoms with Gasteiger partial charge in [-0.3, -0.25) is 0 Å². The molecule has 0 aliphatic carbocycles. The minimum absolute atomic E-state index is 0.212. The standard InChI is InChI=1S/C16H16N8O/c1-23-9-8-17-16(23)15(11-4-3-5-12(10-11)25-2)18-13-6-7-14-19-21-22-24(14)20-13/h3-10,15H,1-2H3,(H,18,20)/t15-/m1/s1. The molecule has 0 spiro atoms. The van der Waals surface area contributed by atoms with Crippen molar-refractivity contribution in [3.8, 4) is 5.75 Å². The molecule has 1 N–H and O–H groups in total. The number of imidazole rings is 1. The van der Waals surface area contributed by atoms with Crippen LogP contribution in [0.3, 0.4) is 0 Å². The topological polar surface area (TPSA) is 95.1 Å². The van der Waals surface area contributed by atoms with Gasteiger partial charge in [-0.2, -0.15) is 0 Å². The molecule has 9 heteroatoms. The number of nitrogens with zero attached hydrogens (tertiary/aromatic N) is 7. The van der Waals surface area contributed by atoms with Gasteiger partial charge in [-0.05, 0) is 40.3 Å². The third-order valence-corrected chi connectivity index (χ3v) is 3.91. The smallest absolute Gasteiger partial charge is 0.200 e. The van der Waals surface area contributed by atoms with Crippen LogP contribution in [0.15, 0.2) is 48.8 Å². The number of rotatable bonds is 5. The zero-order valence-corrected chi connectivity index (χ0v) is 13.7. The third kappa shape index (κ3) is 2.87. The average molecular weight is 336 g/mol. The fourth-order valence-corrected chi connectivity index (χ4v) is 2.65. The van der Waals surface area contributed by atoms with Crippen LogP contribution in [0.5, 0.6) is 5.75 Å². The monoisotopic (exact) mass is 336 g/mol. The summed E-state index contributed by atoms with van der Waals surface area (Å²) in [4.78, 5) is 4.48. The van der Waals surface area contributed by atoms with Gasteiger partial charge in [0.15, 0.2) is 5.65 Å². The summed E-state index contributed by atoms with van der Waals surface area (Å²) < 4.78 is 8.69. The number of hydrogen-bond acceptors (Lipinski definition) is 7. The molecule has 0 saturated heterocycles. The number of anilines is 1. The lowest BCUT2D eigenvalue weighted by molar-refractivity contribution is 0.414. The lowest BCUT2D eigenvalue weighted by atomic mass is 10.1. The highest BCUT2D eigenvalue weighted by molar-refractivity contribution is 5.46. The van der Waals surface area contributed by atoms with Gasteiger partial charge >= 0.3 is 0 Å². The molecule has 4 rings (SSSR count). The molecule has 0 amide bonds. The first-order valence-corrected chi connectivity index (χ1v) is 7.68. The summed E-state index contributed by atoms with van der Waals surface area (Å²) in [6.07, 6.45) is 3.67. The van der Waals surface area contributed by atoms with Crippen LogP contribution in [0.1, 0.15) is 17.4 Å². The van der Waals surface area contributed by atoms with Gasteiger partial charge in [-0.1, -0.05) is 12.1 Å². The van der Waals surface area contributed by atoms with E-state index in [1.54, 1.807) is 19.4 Å². The summed E-state index contributed by atoms with van der Waals surface area (Å²) in [6.45, 7) is 0. The van der Waals surface area contributed by atoms with Gasteiger partial charge in [-0.15, -0.1) is 14.8 Å². The Hall–Kier alpha value is -3.49. The molecule has 9 nitrogen and oxygen atoms in total. The molecule has 0 saturated carbocycles. The highest BCUT2D eigenvalue weighted by Gasteiger charge is 2.20. The van der Waals surface area contributed by atoms with Crippen LogP contribution < -0.4 is 10.1 Å². The van der Waals surface area contributed by atoms with Crippen molar-refractivity contribution in [3.05, 3.63) is 60.2 Å². The first-order chi connectivity index (χ1) is 12.2. The number of tetrazole rings is 1. The lowest BCUT2D eigenvalue weighted by Gasteiger charge is -2.20. The van der Waals surface area contributed by atoms with Crippen LogP contribution >= 0.6 is 0 Å². The van der Waals surface area contributed by atoms with E-state index in [4.69, 9.17) is 4.74 Å². The quantitative estimate of drug-likeness (QED) is 0.589. The first kappa shape index (κ1) is 15.1. The number of aryl methyl sites for hydroxylation is 1. The van der Waals surface area contributed by atoms with Crippen molar-refractivity contribution in [2.75, 3.05) is 12.4 Å². The minimum atomic E-state index is -0.212. The van der Waals surface area contributed by atoms with E-state index < -0.39 is 0 Å². The second kappa shape index (κ2) is 6.19. The summed E-state index contributed by atoms with van der Waals surface area (Å²) >= 11 is 0. The predicted octanol–water partition coefficient (Wildman–Crippen LogP) is 1.46. The molecule has 126 valence electrons.